The van der Waals surface area contributed by atoms with Gasteiger partial charge < -0.3 is 9.84 Å². The van der Waals surface area contributed by atoms with Crippen molar-refractivity contribution in [1.29, 1.82) is 0 Å². The van der Waals surface area contributed by atoms with Gasteiger partial charge in [-0.1, -0.05) is 34.1 Å². The lowest BCUT2D eigenvalue weighted by Gasteiger charge is -2.50. The second-order valence-electron chi connectivity index (χ2n) is 8.59. The molecular formula is C20H24O4. The Morgan fingerprint density at radius 3 is 2.62 bits per heavy atom. The van der Waals surface area contributed by atoms with E-state index >= 15 is 0 Å². The predicted octanol–water partition coefficient (Wildman–Crippen LogP) is 3.64. The Bertz CT molecular complexity index is 750. The summed E-state index contributed by atoms with van der Waals surface area (Å²) in [5.41, 5.74) is 0.985. The summed E-state index contributed by atoms with van der Waals surface area (Å²) in [4.78, 5) is 25.6. The first kappa shape index (κ1) is 15.7. The first-order valence-corrected chi connectivity index (χ1v) is 8.83. The quantitative estimate of drug-likeness (QED) is 0.746. The predicted molar refractivity (Wildman–Crippen MR) is 89.1 cm³/mol. The molecule has 4 aliphatic rings. The van der Waals surface area contributed by atoms with Crippen LogP contribution in [0.1, 0.15) is 47.0 Å². The van der Waals surface area contributed by atoms with Crippen LogP contribution in [0.4, 0.5) is 0 Å². The van der Waals surface area contributed by atoms with Gasteiger partial charge in [-0.15, -0.1) is 0 Å². The zero-order valence-electron chi connectivity index (χ0n) is 14.7. The maximum atomic E-state index is 12.9. The number of ether oxygens (including phenoxy) is 1. The molecule has 0 radical (unpaired) electrons. The van der Waals surface area contributed by atoms with Gasteiger partial charge in [0.05, 0.1) is 0 Å². The summed E-state index contributed by atoms with van der Waals surface area (Å²) in [6.07, 6.45) is 6.09. The second-order valence-corrected chi connectivity index (χ2v) is 8.59. The molecule has 1 heterocycles. The molecule has 1 saturated carbocycles. The van der Waals surface area contributed by atoms with E-state index in [-0.39, 0.29) is 40.9 Å². The van der Waals surface area contributed by atoms with Crippen molar-refractivity contribution in [2.45, 2.75) is 53.1 Å². The number of ketones is 1. The summed E-state index contributed by atoms with van der Waals surface area (Å²) < 4.78 is 5.73. The molecule has 0 aromatic heterocycles. The molecule has 4 rings (SSSR count). The zero-order chi connectivity index (χ0) is 17.4. The van der Waals surface area contributed by atoms with Crippen molar-refractivity contribution >= 4 is 11.8 Å². The number of aliphatic hydroxyl groups is 1. The molecule has 0 aromatic carbocycles. The summed E-state index contributed by atoms with van der Waals surface area (Å²) in [7, 11) is 0. The number of carbonyl (C=O) groups excluding carboxylic acids is 2. The van der Waals surface area contributed by atoms with E-state index in [1.165, 1.54) is 0 Å². The highest BCUT2D eigenvalue weighted by Gasteiger charge is 2.68. The molecule has 4 nitrogen and oxygen atoms in total. The van der Waals surface area contributed by atoms with Crippen molar-refractivity contribution in [3.05, 3.63) is 34.6 Å². The van der Waals surface area contributed by atoms with Crippen molar-refractivity contribution in [1.82, 2.24) is 0 Å². The maximum Gasteiger partial charge on any atom is 0.317 e. The van der Waals surface area contributed by atoms with Crippen molar-refractivity contribution < 1.29 is 19.4 Å². The molecule has 2 bridgehead atoms. The molecule has 2 fully saturated rings. The van der Waals surface area contributed by atoms with Gasteiger partial charge in [-0.05, 0) is 41.9 Å². The van der Waals surface area contributed by atoms with E-state index in [4.69, 9.17) is 4.74 Å². The fraction of sp³-hybridized carbons (Fsp3) is 0.600. The molecule has 0 aromatic rings. The molecule has 3 atom stereocenters. The Hall–Kier alpha value is -1.84. The smallest absolute Gasteiger partial charge is 0.317 e. The van der Waals surface area contributed by atoms with E-state index in [0.717, 1.165) is 18.4 Å². The second kappa shape index (κ2) is 4.62. The monoisotopic (exact) mass is 328 g/mol. The first-order chi connectivity index (χ1) is 11.2. The minimum atomic E-state index is -0.866. The van der Waals surface area contributed by atoms with E-state index in [0.29, 0.717) is 17.6 Å². The number of esters is 1. The van der Waals surface area contributed by atoms with Crippen molar-refractivity contribution in [3.8, 4) is 0 Å². The molecule has 1 N–H and O–H groups in total. The molecule has 24 heavy (non-hydrogen) atoms. The number of fused-ring (bicyclic) bond motifs is 1. The molecule has 1 aliphatic heterocycles. The van der Waals surface area contributed by atoms with Gasteiger partial charge >= 0.3 is 5.97 Å². The molecule has 128 valence electrons. The van der Waals surface area contributed by atoms with E-state index in [9.17, 15) is 14.7 Å². The number of hydrogen-bond acceptors (Lipinski definition) is 4. The van der Waals surface area contributed by atoms with Gasteiger partial charge in [-0.2, -0.15) is 0 Å². The third kappa shape index (κ3) is 1.69. The van der Waals surface area contributed by atoms with Crippen LogP contribution in [0.25, 0.3) is 0 Å². The zero-order valence-corrected chi connectivity index (χ0v) is 14.7. The van der Waals surface area contributed by atoms with Gasteiger partial charge in [0, 0.05) is 17.1 Å². The van der Waals surface area contributed by atoms with E-state index in [1.54, 1.807) is 0 Å². The van der Waals surface area contributed by atoms with Crippen LogP contribution in [-0.4, -0.2) is 23.0 Å². The summed E-state index contributed by atoms with van der Waals surface area (Å²) >= 11 is 0. The molecular weight excluding hydrogens is 304 g/mol. The Kier molecular flexibility index (Phi) is 3.02. The largest absolute Gasteiger partial charge is 0.504 e. The van der Waals surface area contributed by atoms with E-state index in [2.05, 4.69) is 13.8 Å². The lowest BCUT2D eigenvalue weighted by Crippen LogP contribution is -2.51. The highest BCUT2D eigenvalue weighted by molar-refractivity contribution is 6.11. The van der Waals surface area contributed by atoms with Gasteiger partial charge in [0.25, 0.3) is 0 Å². The fourth-order valence-electron chi connectivity index (χ4n) is 5.46. The third-order valence-electron chi connectivity index (χ3n) is 6.43. The third-order valence-corrected chi connectivity index (χ3v) is 6.43. The number of allylic oxidation sites excluding steroid dienone is 3. The van der Waals surface area contributed by atoms with Crippen LogP contribution in [-0.2, 0) is 14.3 Å². The summed E-state index contributed by atoms with van der Waals surface area (Å²) in [6, 6.07) is 0. The summed E-state index contributed by atoms with van der Waals surface area (Å²) in [5.74, 6) is -0.852. The van der Waals surface area contributed by atoms with Crippen LogP contribution >= 0.6 is 0 Å². The lowest BCUT2D eigenvalue weighted by atomic mass is 9.49. The standard InChI is InChI=1S/C20H24O4/c1-10(2)12-8-11-9-13-17-19(3,4)6-5-7-20(17,18(23)24-13)14(11)16(22)15(12)21/h8-10,13,17,22H,5-7H2,1-4H3/t13-,17-,20-/m0/s1. The molecule has 1 saturated heterocycles. The number of carbonyl (C=O) groups is 2. The van der Waals surface area contributed by atoms with Crippen molar-refractivity contribution in [3.63, 3.8) is 0 Å². The van der Waals surface area contributed by atoms with Crippen molar-refractivity contribution in [2.75, 3.05) is 0 Å². The first-order valence-electron chi connectivity index (χ1n) is 8.83. The van der Waals surface area contributed by atoms with Crippen LogP contribution < -0.4 is 0 Å². The van der Waals surface area contributed by atoms with Crippen LogP contribution in [0.5, 0.6) is 0 Å². The summed E-state index contributed by atoms with van der Waals surface area (Å²) in [6.45, 7) is 8.20. The number of aliphatic hydroxyl groups excluding tert-OH is 1. The average molecular weight is 328 g/mol. The van der Waals surface area contributed by atoms with Crippen LogP contribution in [0, 0.1) is 22.7 Å². The summed E-state index contributed by atoms with van der Waals surface area (Å²) in [5, 5.41) is 10.8. The Morgan fingerprint density at radius 1 is 1.25 bits per heavy atom. The van der Waals surface area contributed by atoms with Gasteiger partial charge in [0.15, 0.2) is 5.76 Å². The van der Waals surface area contributed by atoms with Crippen LogP contribution in [0.15, 0.2) is 34.6 Å². The van der Waals surface area contributed by atoms with Crippen LogP contribution in [0.2, 0.25) is 0 Å². The highest BCUT2D eigenvalue weighted by Crippen LogP contribution is 2.65. The Morgan fingerprint density at radius 2 is 1.96 bits per heavy atom. The number of hydrogen-bond donors (Lipinski definition) is 1. The van der Waals surface area contributed by atoms with Crippen LogP contribution in [0.3, 0.4) is 0 Å². The topological polar surface area (TPSA) is 63.6 Å². The van der Waals surface area contributed by atoms with Gasteiger partial charge in [-0.25, -0.2) is 0 Å². The Balaban J connectivity index is 1.98. The normalized spacial score (nSPS) is 36.9. The maximum absolute atomic E-state index is 12.9. The molecule has 0 spiro atoms. The van der Waals surface area contributed by atoms with E-state index in [1.807, 2.05) is 26.0 Å². The minimum Gasteiger partial charge on any atom is -0.504 e. The minimum absolute atomic E-state index is 0.0195. The van der Waals surface area contributed by atoms with Crippen molar-refractivity contribution in [2.24, 2.45) is 22.7 Å². The van der Waals surface area contributed by atoms with Gasteiger partial charge in [0.1, 0.15) is 11.5 Å². The molecule has 4 heteroatoms. The number of rotatable bonds is 1. The molecule has 3 aliphatic carbocycles. The fourth-order valence-corrected chi connectivity index (χ4v) is 5.46. The SMILES string of the molecule is CC(C)C1=CC2=C[C@@H]3OC(=O)[C@@]4(CCCC(C)(C)[C@H]34)C2=C(O)C1=O. The van der Waals surface area contributed by atoms with Gasteiger partial charge in [-0.3, -0.25) is 9.59 Å². The lowest BCUT2D eigenvalue weighted by molar-refractivity contribution is -0.147. The van der Waals surface area contributed by atoms with Gasteiger partial charge in [0.2, 0.25) is 5.78 Å². The van der Waals surface area contributed by atoms with E-state index < -0.39 is 5.41 Å². The number of Topliss-reactive ketones (excluding diaryl/α,β-unsaturated/α-hetero) is 1. The Labute approximate surface area is 142 Å². The molecule has 0 amide bonds. The molecule has 0 unspecified atom stereocenters. The average Bonchev–Trinajstić information content (AvgIpc) is 2.70. The highest BCUT2D eigenvalue weighted by atomic mass is 16.6.